The SMILES string of the molecule is O=C(NCc1nn[nH]n1)c1cccc(O)c1O. The monoisotopic (exact) mass is 235 g/mol. The lowest BCUT2D eigenvalue weighted by Crippen LogP contribution is -2.23. The summed E-state index contributed by atoms with van der Waals surface area (Å²) < 4.78 is 0. The van der Waals surface area contributed by atoms with Crippen molar-refractivity contribution in [1.29, 1.82) is 0 Å². The second-order valence-electron chi connectivity index (χ2n) is 3.18. The lowest BCUT2D eigenvalue weighted by atomic mass is 10.1. The number of hydrogen-bond donors (Lipinski definition) is 4. The van der Waals surface area contributed by atoms with Crippen LogP contribution < -0.4 is 5.32 Å². The van der Waals surface area contributed by atoms with Gasteiger partial charge in [0.15, 0.2) is 17.3 Å². The molecule has 17 heavy (non-hydrogen) atoms. The van der Waals surface area contributed by atoms with Gasteiger partial charge in [0.2, 0.25) is 0 Å². The average Bonchev–Trinajstić information content (AvgIpc) is 2.82. The van der Waals surface area contributed by atoms with Gasteiger partial charge in [-0.1, -0.05) is 11.3 Å². The minimum Gasteiger partial charge on any atom is -0.504 e. The van der Waals surface area contributed by atoms with Crippen molar-refractivity contribution >= 4 is 5.91 Å². The van der Waals surface area contributed by atoms with Crippen LogP contribution in [0, 0.1) is 0 Å². The molecule has 0 saturated carbocycles. The summed E-state index contributed by atoms with van der Waals surface area (Å²) in [6, 6.07) is 4.13. The van der Waals surface area contributed by atoms with E-state index in [0.717, 1.165) is 0 Å². The van der Waals surface area contributed by atoms with E-state index in [9.17, 15) is 15.0 Å². The van der Waals surface area contributed by atoms with Gasteiger partial charge in [-0.3, -0.25) is 4.79 Å². The molecular weight excluding hydrogens is 226 g/mol. The van der Waals surface area contributed by atoms with Crippen molar-refractivity contribution in [1.82, 2.24) is 25.9 Å². The van der Waals surface area contributed by atoms with Gasteiger partial charge in [0, 0.05) is 0 Å². The standard InChI is InChI=1S/C9H9N5O3/c15-6-3-1-2-5(8(6)16)9(17)10-4-7-11-13-14-12-7/h1-3,15-16H,4H2,(H,10,17)(H,11,12,13,14). The van der Waals surface area contributed by atoms with Crippen LogP contribution in [0.4, 0.5) is 0 Å². The van der Waals surface area contributed by atoms with E-state index in [1.807, 2.05) is 0 Å². The third-order valence-electron chi connectivity index (χ3n) is 2.06. The van der Waals surface area contributed by atoms with Gasteiger partial charge in [-0.25, -0.2) is 0 Å². The van der Waals surface area contributed by atoms with Crippen LogP contribution in [-0.2, 0) is 6.54 Å². The zero-order chi connectivity index (χ0) is 12.3. The van der Waals surface area contributed by atoms with Gasteiger partial charge in [-0.2, -0.15) is 5.21 Å². The summed E-state index contributed by atoms with van der Waals surface area (Å²) >= 11 is 0. The molecule has 0 radical (unpaired) electrons. The molecule has 0 bridgehead atoms. The van der Waals surface area contributed by atoms with Crippen LogP contribution in [0.25, 0.3) is 0 Å². The van der Waals surface area contributed by atoms with Crippen LogP contribution in [0.15, 0.2) is 18.2 Å². The number of phenolic OH excluding ortho intramolecular Hbond substituents is 2. The van der Waals surface area contributed by atoms with E-state index < -0.39 is 11.7 Å². The summed E-state index contributed by atoms with van der Waals surface area (Å²) in [7, 11) is 0. The number of H-pyrrole nitrogens is 1. The first-order chi connectivity index (χ1) is 8.18. The molecule has 0 aliphatic heterocycles. The zero-order valence-corrected chi connectivity index (χ0v) is 8.58. The highest BCUT2D eigenvalue weighted by Crippen LogP contribution is 2.27. The zero-order valence-electron chi connectivity index (χ0n) is 8.58. The number of nitrogens with one attached hydrogen (secondary N) is 2. The van der Waals surface area contributed by atoms with E-state index >= 15 is 0 Å². The molecule has 0 spiro atoms. The molecule has 0 unspecified atom stereocenters. The highest BCUT2D eigenvalue weighted by molar-refractivity contribution is 5.97. The quantitative estimate of drug-likeness (QED) is 0.534. The van der Waals surface area contributed by atoms with Crippen LogP contribution >= 0.6 is 0 Å². The normalized spacial score (nSPS) is 10.1. The molecule has 0 aliphatic carbocycles. The molecule has 1 aromatic carbocycles. The first-order valence-corrected chi connectivity index (χ1v) is 4.70. The van der Waals surface area contributed by atoms with Gasteiger partial charge in [0.05, 0.1) is 12.1 Å². The predicted octanol–water partition coefficient (Wildman–Crippen LogP) is -0.459. The number of tetrazole rings is 1. The molecule has 4 N–H and O–H groups in total. The van der Waals surface area contributed by atoms with E-state index in [4.69, 9.17) is 0 Å². The molecular formula is C9H9N5O3. The van der Waals surface area contributed by atoms with E-state index in [-0.39, 0.29) is 17.9 Å². The minimum absolute atomic E-state index is 0.0199. The Morgan fingerprint density at radius 1 is 1.41 bits per heavy atom. The molecule has 0 atom stereocenters. The number of carbonyl (C=O) groups excluding carboxylic acids is 1. The molecule has 88 valence electrons. The molecule has 8 heteroatoms. The van der Waals surface area contributed by atoms with Gasteiger partial charge in [0.25, 0.3) is 5.91 Å². The van der Waals surface area contributed by atoms with E-state index in [2.05, 4.69) is 25.9 Å². The average molecular weight is 235 g/mol. The summed E-state index contributed by atoms with van der Waals surface area (Å²) in [4.78, 5) is 11.6. The fourth-order valence-corrected chi connectivity index (χ4v) is 1.23. The molecule has 1 amide bonds. The number of para-hydroxylation sites is 1. The number of rotatable bonds is 3. The summed E-state index contributed by atoms with van der Waals surface area (Å²) in [6.45, 7) is 0.0738. The Morgan fingerprint density at radius 2 is 2.24 bits per heavy atom. The summed E-state index contributed by atoms with van der Waals surface area (Å²) in [5.74, 6) is -1.03. The van der Waals surface area contributed by atoms with Gasteiger partial charge >= 0.3 is 0 Å². The Hall–Kier alpha value is -2.64. The number of nitrogens with zero attached hydrogens (tertiary/aromatic N) is 3. The summed E-state index contributed by atoms with van der Waals surface area (Å²) in [5, 5.41) is 34.0. The van der Waals surface area contributed by atoms with Crippen LogP contribution in [-0.4, -0.2) is 36.7 Å². The number of aromatic amines is 1. The van der Waals surface area contributed by atoms with Crippen LogP contribution in [0.3, 0.4) is 0 Å². The third-order valence-corrected chi connectivity index (χ3v) is 2.06. The van der Waals surface area contributed by atoms with Crippen molar-refractivity contribution in [2.45, 2.75) is 6.54 Å². The van der Waals surface area contributed by atoms with Crippen molar-refractivity contribution in [3.63, 3.8) is 0 Å². The van der Waals surface area contributed by atoms with Crippen molar-refractivity contribution in [3.05, 3.63) is 29.6 Å². The molecule has 0 fully saturated rings. The smallest absolute Gasteiger partial charge is 0.255 e. The van der Waals surface area contributed by atoms with Crippen LogP contribution in [0.1, 0.15) is 16.2 Å². The summed E-state index contributed by atoms with van der Waals surface area (Å²) in [5.41, 5.74) is -0.0199. The molecule has 1 aromatic heterocycles. The van der Waals surface area contributed by atoms with Crippen LogP contribution in [0.2, 0.25) is 0 Å². The van der Waals surface area contributed by atoms with Crippen molar-refractivity contribution in [3.8, 4) is 11.5 Å². The van der Waals surface area contributed by atoms with Gasteiger partial charge < -0.3 is 15.5 Å². The molecule has 2 aromatic rings. The fourth-order valence-electron chi connectivity index (χ4n) is 1.23. The second kappa shape index (κ2) is 4.47. The first kappa shape index (κ1) is 10.9. The Kier molecular flexibility index (Phi) is 2.86. The largest absolute Gasteiger partial charge is 0.504 e. The number of phenols is 2. The lowest BCUT2D eigenvalue weighted by molar-refractivity contribution is 0.0946. The second-order valence-corrected chi connectivity index (χ2v) is 3.18. The maximum Gasteiger partial charge on any atom is 0.255 e. The number of hydrogen-bond acceptors (Lipinski definition) is 6. The van der Waals surface area contributed by atoms with E-state index in [0.29, 0.717) is 5.82 Å². The van der Waals surface area contributed by atoms with Crippen molar-refractivity contribution < 1.29 is 15.0 Å². The van der Waals surface area contributed by atoms with Crippen molar-refractivity contribution in [2.75, 3.05) is 0 Å². The molecule has 8 nitrogen and oxygen atoms in total. The van der Waals surface area contributed by atoms with E-state index in [1.165, 1.54) is 18.2 Å². The highest BCUT2D eigenvalue weighted by atomic mass is 16.3. The molecule has 0 aliphatic rings. The lowest BCUT2D eigenvalue weighted by Gasteiger charge is -2.05. The molecule has 2 rings (SSSR count). The number of carbonyl (C=O) groups is 1. The minimum atomic E-state index is -0.539. The molecule has 0 saturated heterocycles. The molecule has 1 heterocycles. The van der Waals surface area contributed by atoms with Crippen LogP contribution in [0.5, 0.6) is 11.5 Å². The highest BCUT2D eigenvalue weighted by Gasteiger charge is 2.13. The number of aromatic hydroxyl groups is 2. The maximum absolute atomic E-state index is 11.6. The van der Waals surface area contributed by atoms with Gasteiger partial charge in [0.1, 0.15) is 0 Å². The Bertz CT molecular complexity index is 525. The number of amides is 1. The van der Waals surface area contributed by atoms with E-state index in [1.54, 1.807) is 0 Å². The van der Waals surface area contributed by atoms with Crippen molar-refractivity contribution in [2.24, 2.45) is 0 Å². The Labute approximate surface area is 95.3 Å². The Balaban J connectivity index is 2.07. The summed E-state index contributed by atoms with van der Waals surface area (Å²) in [6.07, 6.45) is 0. The Morgan fingerprint density at radius 3 is 2.94 bits per heavy atom. The van der Waals surface area contributed by atoms with Gasteiger partial charge in [-0.05, 0) is 12.1 Å². The predicted molar refractivity (Wildman–Crippen MR) is 55.1 cm³/mol. The third kappa shape index (κ3) is 2.30. The maximum atomic E-state index is 11.6. The topological polar surface area (TPSA) is 124 Å². The number of aromatic nitrogens is 4. The fraction of sp³-hybridized carbons (Fsp3) is 0.111. The number of benzene rings is 1. The first-order valence-electron chi connectivity index (χ1n) is 4.70. The van der Waals surface area contributed by atoms with Gasteiger partial charge in [-0.15, -0.1) is 10.2 Å².